The number of aryl methyl sites for hydroxylation is 1. The first-order valence-corrected chi connectivity index (χ1v) is 8.67. The molecule has 1 saturated heterocycles. The summed E-state index contributed by atoms with van der Waals surface area (Å²) in [5, 5.41) is 2.86. The van der Waals surface area contributed by atoms with Crippen LogP contribution < -0.4 is 10.2 Å². The molecule has 0 aromatic heterocycles. The SMILES string of the molecule is C[C@@H]1COCCN1C(=O)NCCC(=O)N1CCCc2ccccc21. The van der Waals surface area contributed by atoms with Crippen molar-refractivity contribution in [2.75, 3.05) is 37.7 Å². The fourth-order valence-electron chi connectivity index (χ4n) is 3.33. The molecule has 0 radical (unpaired) electrons. The molecule has 1 aromatic carbocycles. The maximum atomic E-state index is 12.5. The summed E-state index contributed by atoms with van der Waals surface area (Å²) < 4.78 is 5.34. The number of fused-ring (bicyclic) bond motifs is 1. The molecule has 24 heavy (non-hydrogen) atoms. The van der Waals surface area contributed by atoms with E-state index >= 15 is 0 Å². The van der Waals surface area contributed by atoms with Gasteiger partial charge in [-0.05, 0) is 31.4 Å². The van der Waals surface area contributed by atoms with Gasteiger partial charge < -0.3 is 19.9 Å². The molecule has 0 saturated carbocycles. The van der Waals surface area contributed by atoms with Crippen molar-refractivity contribution in [2.24, 2.45) is 0 Å². The molecule has 0 bridgehead atoms. The summed E-state index contributed by atoms with van der Waals surface area (Å²) in [5.74, 6) is 0.0671. The molecule has 3 amide bonds. The van der Waals surface area contributed by atoms with Crippen LogP contribution in [-0.2, 0) is 16.0 Å². The van der Waals surface area contributed by atoms with Crippen LogP contribution in [0.5, 0.6) is 0 Å². The van der Waals surface area contributed by atoms with Crippen LogP contribution in [0.4, 0.5) is 10.5 Å². The number of nitrogens with one attached hydrogen (secondary N) is 1. The number of benzene rings is 1. The highest BCUT2D eigenvalue weighted by atomic mass is 16.5. The highest BCUT2D eigenvalue weighted by Gasteiger charge is 2.25. The van der Waals surface area contributed by atoms with Crippen LogP contribution in [0.1, 0.15) is 25.3 Å². The van der Waals surface area contributed by atoms with Gasteiger partial charge in [-0.1, -0.05) is 18.2 Å². The predicted molar refractivity (Wildman–Crippen MR) is 92.1 cm³/mol. The van der Waals surface area contributed by atoms with Gasteiger partial charge in [0.15, 0.2) is 0 Å². The van der Waals surface area contributed by atoms with Crippen LogP contribution in [0.2, 0.25) is 0 Å². The van der Waals surface area contributed by atoms with Crippen molar-refractivity contribution < 1.29 is 14.3 Å². The van der Waals surface area contributed by atoms with Crippen LogP contribution in [-0.4, -0.2) is 55.7 Å². The summed E-state index contributed by atoms with van der Waals surface area (Å²) in [6.45, 7) is 4.82. The topological polar surface area (TPSA) is 61.9 Å². The Morgan fingerprint density at radius 1 is 1.29 bits per heavy atom. The van der Waals surface area contributed by atoms with Crippen molar-refractivity contribution in [1.82, 2.24) is 10.2 Å². The Bertz CT molecular complexity index is 605. The van der Waals surface area contributed by atoms with E-state index < -0.39 is 0 Å². The number of para-hydroxylation sites is 1. The molecule has 2 aliphatic heterocycles. The van der Waals surface area contributed by atoms with E-state index in [-0.39, 0.29) is 18.0 Å². The molecule has 6 heteroatoms. The average Bonchev–Trinajstić information content (AvgIpc) is 2.61. The van der Waals surface area contributed by atoms with Gasteiger partial charge in [0, 0.05) is 31.7 Å². The lowest BCUT2D eigenvalue weighted by molar-refractivity contribution is -0.118. The number of carbonyl (C=O) groups excluding carboxylic acids is 2. The van der Waals surface area contributed by atoms with Crippen molar-refractivity contribution in [3.05, 3.63) is 29.8 Å². The number of hydrogen-bond donors (Lipinski definition) is 1. The third kappa shape index (κ3) is 3.70. The highest BCUT2D eigenvalue weighted by Crippen LogP contribution is 2.27. The average molecular weight is 331 g/mol. The molecule has 130 valence electrons. The van der Waals surface area contributed by atoms with Crippen molar-refractivity contribution in [3.63, 3.8) is 0 Å². The van der Waals surface area contributed by atoms with E-state index in [4.69, 9.17) is 4.74 Å². The minimum atomic E-state index is -0.113. The number of carbonyl (C=O) groups is 2. The highest BCUT2D eigenvalue weighted by molar-refractivity contribution is 5.94. The molecule has 6 nitrogen and oxygen atoms in total. The fourth-order valence-corrected chi connectivity index (χ4v) is 3.33. The monoisotopic (exact) mass is 331 g/mol. The maximum Gasteiger partial charge on any atom is 0.317 e. The zero-order valence-electron chi connectivity index (χ0n) is 14.2. The Labute approximate surface area is 142 Å². The molecular weight excluding hydrogens is 306 g/mol. The van der Waals surface area contributed by atoms with Gasteiger partial charge in [-0.25, -0.2) is 4.79 Å². The van der Waals surface area contributed by atoms with Gasteiger partial charge in [0.25, 0.3) is 0 Å². The van der Waals surface area contributed by atoms with Gasteiger partial charge in [-0.15, -0.1) is 0 Å². The second-order valence-corrected chi connectivity index (χ2v) is 6.38. The Hall–Kier alpha value is -2.08. The number of amides is 3. The minimum absolute atomic E-state index is 0.0671. The van der Waals surface area contributed by atoms with Crippen molar-refractivity contribution in [2.45, 2.75) is 32.2 Å². The molecular formula is C18H25N3O3. The lowest BCUT2D eigenvalue weighted by Crippen LogP contribution is -2.51. The Balaban J connectivity index is 1.50. The van der Waals surface area contributed by atoms with E-state index in [0.717, 1.165) is 25.1 Å². The molecule has 1 N–H and O–H groups in total. The summed E-state index contributed by atoms with van der Waals surface area (Å²) in [7, 11) is 0. The van der Waals surface area contributed by atoms with E-state index in [1.165, 1.54) is 5.56 Å². The number of rotatable bonds is 3. The molecule has 1 aromatic rings. The maximum absolute atomic E-state index is 12.5. The molecule has 3 rings (SSSR count). The molecule has 0 unspecified atom stereocenters. The quantitative estimate of drug-likeness (QED) is 0.918. The predicted octanol–water partition coefficient (Wildman–Crippen LogP) is 1.79. The lowest BCUT2D eigenvalue weighted by atomic mass is 10.0. The summed E-state index contributed by atoms with van der Waals surface area (Å²) in [6, 6.07) is 8.01. The summed E-state index contributed by atoms with van der Waals surface area (Å²) >= 11 is 0. The Morgan fingerprint density at radius 3 is 2.96 bits per heavy atom. The van der Waals surface area contributed by atoms with E-state index in [1.54, 1.807) is 4.90 Å². The number of anilines is 1. The number of urea groups is 1. The van der Waals surface area contributed by atoms with Crippen LogP contribution >= 0.6 is 0 Å². The van der Waals surface area contributed by atoms with Gasteiger partial charge in [0.1, 0.15) is 0 Å². The van der Waals surface area contributed by atoms with Crippen LogP contribution in [0.15, 0.2) is 24.3 Å². The summed E-state index contributed by atoms with van der Waals surface area (Å²) in [5.41, 5.74) is 2.24. The van der Waals surface area contributed by atoms with Crippen LogP contribution in [0.3, 0.4) is 0 Å². The smallest absolute Gasteiger partial charge is 0.317 e. The Kier molecular flexibility index (Phi) is 5.35. The van der Waals surface area contributed by atoms with E-state index in [1.807, 2.05) is 30.0 Å². The second-order valence-electron chi connectivity index (χ2n) is 6.38. The van der Waals surface area contributed by atoms with Gasteiger partial charge in [-0.3, -0.25) is 4.79 Å². The summed E-state index contributed by atoms with van der Waals surface area (Å²) in [4.78, 5) is 28.3. The molecule has 1 atom stereocenters. The van der Waals surface area contributed by atoms with Gasteiger partial charge in [0.2, 0.25) is 5.91 Å². The van der Waals surface area contributed by atoms with Crippen molar-refractivity contribution in [1.29, 1.82) is 0 Å². The lowest BCUT2D eigenvalue weighted by Gasteiger charge is -2.33. The fraction of sp³-hybridized carbons (Fsp3) is 0.556. The van der Waals surface area contributed by atoms with Crippen molar-refractivity contribution >= 4 is 17.6 Å². The molecule has 1 fully saturated rings. The van der Waals surface area contributed by atoms with E-state index in [2.05, 4.69) is 11.4 Å². The zero-order valence-corrected chi connectivity index (χ0v) is 14.2. The standard InChI is InChI=1S/C18H25N3O3/c1-14-13-24-12-11-20(14)18(23)19-9-8-17(22)21-10-4-6-15-5-2-3-7-16(15)21/h2-3,5,7,14H,4,6,8-13H2,1H3,(H,19,23)/t14-/m1/s1. The van der Waals surface area contributed by atoms with Crippen LogP contribution in [0.25, 0.3) is 0 Å². The van der Waals surface area contributed by atoms with Crippen LogP contribution in [0, 0.1) is 0 Å². The third-order valence-electron chi connectivity index (χ3n) is 4.65. The number of hydrogen-bond acceptors (Lipinski definition) is 3. The normalized spacial score (nSPS) is 20.5. The zero-order chi connectivity index (χ0) is 16.9. The number of morpholine rings is 1. The Morgan fingerprint density at radius 2 is 2.12 bits per heavy atom. The van der Waals surface area contributed by atoms with Gasteiger partial charge >= 0.3 is 6.03 Å². The largest absolute Gasteiger partial charge is 0.377 e. The van der Waals surface area contributed by atoms with Gasteiger partial charge in [0.05, 0.1) is 19.3 Å². The van der Waals surface area contributed by atoms with E-state index in [0.29, 0.717) is 32.7 Å². The second kappa shape index (κ2) is 7.66. The number of nitrogens with zero attached hydrogens (tertiary/aromatic N) is 2. The van der Waals surface area contributed by atoms with Crippen molar-refractivity contribution in [3.8, 4) is 0 Å². The first-order chi connectivity index (χ1) is 11.7. The summed E-state index contributed by atoms with van der Waals surface area (Å²) in [6.07, 6.45) is 2.32. The minimum Gasteiger partial charge on any atom is -0.377 e. The molecule has 0 spiro atoms. The van der Waals surface area contributed by atoms with Gasteiger partial charge in [-0.2, -0.15) is 0 Å². The molecule has 2 heterocycles. The molecule has 2 aliphatic rings. The first-order valence-electron chi connectivity index (χ1n) is 8.67. The van der Waals surface area contributed by atoms with E-state index in [9.17, 15) is 9.59 Å². The first kappa shape index (κ1) is 16.8. The third-order valence-corrected chi connectivity index (χ3v) is 4.65. The molecule has 0 aliphatic carbocycles. The number of ether oxygens (including phenoxy) is 1.